The number of benzene rings is 2. The normalized spacial score (nSPS) is 14.7. The van der Waals surface area contributed by atoms with Crippen molar-refractivity contribution in [2.24, 2.45) is 0 Å². The Morgan fingerprint density at radius 2 is 1.76 bits per heavy atom. The van der Waals surface area contributed by atoms with Gasteiger partial charge in [0, 0.05) is 35.8 Å². The van der Waals surface area contributed by atoms with Crippen LogP contribution in [-0.4, -0.2) is 57.3 Å². The second kappa shape index (κ2) is 11.4. The quantitative estimate of drug-likeness (QED) is 0.255. The molecule has 2 aromatic heterocycles. The predicted octanol–water partition coefficient (Wildman–Crippen LogP) is 6.46. The summed E-state index contributed by atoms with van der Waals surface area (Å²) in [5, 5.41) is 4.85. The minimum absolute atomic E-state index is 0.00625. The zero-order chi connectivity index (χ0) is 30.2. The Hall–Kier alpha value is -3.83. The lowest BCUT2D eigenvalue weighted by molar-refractivity contribution is 0.0204. The monoisotopic (exact) mass is 611 g/mol. The smallest absolute Gasteiger partial charge is 0.410 e. The highest BCUT2D eigenvalue weighted by Crippen LogP contribution is 2.43. The number of aromatic nitrogens is 4. The summed E-state index contributed by atoms with van der Waals surface area (Å²) in [4.78, 5) is 22.8. The number of amides is 1. The molecule has 1 fully saturated rings. The highest BCUT2D eigenvalue weighted by Gasteiger charge is 2.36. The van der Waals surface area contributed by atoms with E-state index in [1.165, 1.54) is 36.8 Å². The average Bonchev–Trinajstić information content (AvgIpc) is 3.34. The van der Waals surface area contributed by atoms with Crippen LogP contribution in [0.2, 0.25) is 5.02 Å². The first kappa shape index (κ1) is 29.7. The number of nitrogens with zero attached hydrogens (tertiary/aromatic N) is 5. The topological polar surface area (TPSA) is 107 Å². The Kier molecular flexibility index (Phi) is 8.08. The number of halogens is 2. The highest BCUT2D eigenvalue weighted by atomic mass is 35.5. The first-order valence-electron chi connectivity index (χ1n) is 13.5. The van der Waals surface area contributed by atoms with E-state index < -0.39 is 27.5 Å². The van der Waals surface area contributed by atoms with Crippen LogP contribution in [0.1, 0.15) is 50.8 Å². The summed E-state index contributed by atoms with van der Waals surface area (Å²) >= 11 is 6.06. The van der Waals surface area contributed by atoms with Crippen molar-refractivity contribution in [1.29, 1.82) is 0 Å². The largest absolute Gasteiger partial charge is 0.444 e. The van der Waals surface area contributed by atoms with E-state index in [2.05, 4.69) is 15.1 Å². The molecule has 0 aliphatic carbocycles. The van der Waals surface area contributed by atoms with Crippen LogP contribution < -0.4 is 0 Å². The van der Waals surface area contributed by atoms with Gasteiger partial charge in [-0.15, -0.1) is 0 Å². The van der Waals surface area contributed by atoms with Crippen molar-refractivity contribution >= 4 is 27.7 Å². The lowest BCUT2D eigenvalue weighted by Crippen LogP contribution is -2.41. The summed E-state index contributed by atoms with van der Waals surface area (Å²) < 4.78 is 50.2. The summed E-state index contributed by atoms with van der Waals surface area (Å²) in [6, 6.07) is 12.1. The Morgan fingerprint density at radius 1 is 1.07 bits per heavy atom. The molecule has 0 bridgehead atoms. The van der Waals surface area contributed by atoms with Gasteiger partial charge in [0.05, 0.1) is 27.5 Å². The highest BCUT2D eigenvalue weighted by molar-refractivity contribution is 7.90. The first-order chi connectivity index (χ1) is 19.8. The number of piperidine rings is 1. The summed E-state index contributed by atoms with van der Waals surface area (Å²) in [5.41, 5.74) is 1.51. The third kappa shape index (κ3) is 6.03. The number of carbonyl (C=O) groups excluding carboxylic acids is 1. The van der Waals surface area contributed by atoms with Crippen LogP contribution in [0.4, 0.5) is 9.18 Å². The van der Waals surface area contributed by atoms with Gasteiger partial charge in [-0.05, 0) is 76.9 Å². The molecule has 0 radical (unpaired) electrons. The fourth-order valence-electron chi connectivity index (χ4n) is 4.96. The molecule has 0 N–H and O–H groups in total. The van der Waals surface area contributed by atoms with E-state index >= 15 is 4.39 Å². The molecular formula is C30H31ClFN5O4S. The zero-order valence-electron chi connectivity index (χ0n) is 23.7. The molecule has 4 aromatic rings. The van der Waals surface area contributed by atoms with Crippen LogP contribution in [0.25, 0.3) is 22.5 Å². The molecule has 0 unspecified atom stereocenters. The molecule has 1 amide bonds. The Morgan fingerprint density at radius 3 is 2.36 bits per heavy atom. The minimum atomic E-state index is -4.28. The van der Waals surface area contributed by atoms with E-state index in [0.29, 0.717) is 42.9 Å². The first-order valence-corrected chi connectivity index (χ1v) is 15.3. The van der Waals surface area contributed by atoms with E-state index in [-0.39, 0.29) is 27.1 Å². The maximum atomic E-state index is 15.6. The van der Waals surface area contributed by atoms with E-state index in [1.807, 2.05) is 27.7 Å². The van der Waals surface area contributed by atoms with Crippen molar-refractivity contribution in [3.05, 3.63) is 83.2 Å². The van der Waals surface area contributed by atoms with Gasteiger partial charge in [0.1, 0.15) is 17.7 Å². The fraction of sp³-hybridized carbons (Fsp3) is 0.333. The van der Waals surface area contributed by atoms with Gasteiger partial charge in [-0.2, -0.15) is 17.6 Å². The van der Waals surface area contributed by atoms with Crippen molar-refractivity contribution in [2.75, 3.05) is 13.1 Å². The molecule has 1 saturated heterocycles. The fourth-order valence-corrected chi connectivity index (χ4v) is 6.42. The van der Waals surface area contributed by atoms with Crippen molar-refractivity contribution < 1.29 is 22.3 Å². The molecule has 0 saturated carbocycles. The second-order valence-corrected chi connectivity index (χ2v) is 13.4. The molecule has 5 rings (SSSR count). The van der Waals surface area contributed by atoms with Crippen molar-refractivity contribution in [1.82, 2.24) is 24.1 Å². The Bertz CT molecular complexity index is 1710. The SMILES string of the molecule is Cc1ccc(S(=O)(=O)n2nc(C3CCN(C(=O)OC(C)(C)C)CC3)c(-c3ccncn3)c2-c2ccc(Cl)cc2F)cc1. The molecule has 3 heterocycles. The average molecular weight is 612 g/mol. The summed E-state index contributed by atoms with van der Waals surface area (Å²) in [7, 11) is -4.28. The number of likely N-dealkylation sites (tertiary alicyclic amines) is 1. The number of hydrogen-bond donors (Lipinski definition) is 0. The standard InChI is InChI=1S/C30H31ClFN5O4S/c1-19-5-8-22(9-6-19)42(39,40)37-28(23-10-7-21(31)17-24(23)32)26(25-11-14-33-18-34-25)27(35-37)20-12-15-36(16-13-20)29(38)41-30(2,3)4/h5-11,14,17-18,20H,12-13,15-16H2,1-4H3. The van der Waals surface area contributed by atoms with Crippen molar-refractivity contribution in [3.63, 3.8) is 0 Å². The van der Waals surface area contributed by atoms with Gasteiger partial charge in [-0.25, -0.2) is 19.2 Å². The third-order valence-corrected chi connectivity index (χ3v) is 8.81. The molecule has 0 spiro atoms. The maximum Gasteiger partial charge on any atom is 0.410 e. The number of carbonyl (C=O) groups is 1. The van der Waals surface area contributed by atoms with E-state index in [4.69, 9.17) is 16.3 Å². The summed E-state index contributed by atoms with van der Waals surface area (Å²) in [6.45, 7) is 8.04. The lowest BCUT2D eigenvalue weighted by Gasteiger charge is -2.33. The van der Waals surface area contributed by atoms with Crippen molar-refractivity contribution in [2.45, 2.75) is 57.0 Å². The van der Waals surface area contributed by atoms with E-state index in [9.17, 15) is 13.2 Å². The van der Waals surface area contributed by atoms with Gasteiger partial charge >= 0.3 is 6.09 Å². The molecular weight excluding hydrogens is 581 g/mol. The van der Waals surface area contributed by atoms with Gasteiger partial charge in [0.15, 0.2) is 0 Å². The van der Waals surface area contributed by atoms with Gasteiger partial charge in [-0.1, -0.05) is 29.3 Å². The molecule has 220 valence electrons. The molecule has 1 aliphatic heterocycles. The van der Waals surface area contributed by atoms with Crippen LogP contribution in [0.5, 0.6) is 0 Å². The summed E-state index contributed by atoms with van der Waals surface area (Å²) in [5.74, 6) is -0.957. The van der Waals surface area contributed by atoms with Crippen LogP contribution in [0.3, 0.4) is 0 Å². The number of rotatable bonds is 5. The van der Waals surface area contributed by atoms with Gasteiger partial charge in [-0.3, -0.25) is 0 Å². The summed E-state index contributed by atoms with van der Waals surface area (Å²) in [6.07, 6.45) is 3.44. The Balaban J connectivity index is 1.68. The second-order valence-electron chi connectivity index (χ2n) is 11.2. The predicted molar refractivity (Wildman–Crippen MR) is 157 cm³/mol. The minimum Gasteiger partial charge on any atom is -0.444 e. The molecule has 12 heteroatoms. The van der Waals surface area contributed by atoms with Gasteiger partial charge < -0.3 is 9.64 Å². The number of aryl methyl sites for hydroxylation is 1. The van der Waals surface area contributed by atoms with E-state index in [0.717, 1.165) is 15.7 Å². The Labute approximate surface area is 249 Å². The van der Waals surface area contributed by atoms with Crippen molar-refractivity contribution in [3.8, 4) is 22.5 Å². The van der Waals surface area contributed by atoms with Gasteiger partial charge in [0.2, 0.25) is 0 Å². The zero-order valence-corrected chi connectivity index (χ0v) is 25.3. The molecule has 1 aliphatic rings. The molecule has 9 nitrogen and oxygen atoms in total. The number of ether oxygens (including phenoxy) is 1. The van der Waals surface area contributed by atoms with Gasteiger partial charge in [0.25, 0.3) is 10.0 Å². The van der Waals surface area contributed by atoms with Crippen LogP contribution >= 0.6 is 11.6 Å². The van der Waals surface area contributed by atoms with Crippen LogP contribution in [-0.2, 0) is 14.8 Å². The van der Waals surface area contributed by atoms with E-state index in [1.54, 1.807) is 23.1 Å². The van der Waals surface area contributed by atoms with Crippen LogP contribution in [0.15, 0.2) is 66.0 Å². The number of hydrogen-bond acceptors (Lipinski definition) is 7. The lowest BCUT2D eigenvalue weighted by atomic mass is 9.89. The van der Waals surface area contributed by atoms with Crippen LogP contribution in [0, 0.1) is 12.7 Å². The third-order valence-electron chi connectivity index (χ3n) is 6.99. The molecule has 0 atom stereocenters. The molecule has 42 heavy (non-hydrogen) atoms. The molecule has 2 aromatic carbocycles. The maximum absolute atomic E-state index is 15.6.